The summed E-state index contributed by atoms with van der Waals surface area (Å²) in [5, 5.41) is 44.0. The molecule has 0 heterocycles. The number of ether oxygens (including phenoxy) is 2. The van der Waals surface area contributed by atoms with Crippen LogP contribution in [-0.2, 0) is 0 Å². The normalized spacial score (nSPS) is 10.2. The summed E-state index contributed by atoms with van der Waals surface area (Å²) in [7, 11) is 0. The molecule has 0 saturated carbocycles. The summed E-state index contributed by atoms with van der Waals surface area (Å²) in [6.07, 6.45) is 0. The number of nitrogens with zero attached hydrogens (tertiary/aromatic N) is 4. The van der Waals surface area contributed by atoms with Crippen LogP contribution in [0.25, 0.3) is 0 Å². The van der Waals surface area contributed by atoms with Crippen molar-refractivity contribution in [1.29, 1.82) is 0 Å². The van der Waals surface area contributed by atoms with Crippen LogP contribution < -0.4 is 9.47 Å². The molecule has 0 atom stereocenters. The van der Waals surface area contributed by atoms with Gasteiger partial charge in [0.05, 0.1) is 43.0 Å². The summed E-state index contributed by atoms with van der Waals surface area (Å²) in [5.74, 6) is -2.85. The van der Waals surface area contributed by atoms with E-state index in [2.05, 4.69) is 0 Å². The molecule has 0 radical (unpaired) electrons. The highest BCUT2D eigenvalue weighted by Gasteiger charge is 2.23. The minimum Gasteiger partial charge on any atom is -0.423 e. The largest absolute Gasteiger partial charge is 0.423 e. The second-order valence-corrected chi connectivity index (χ2v) is 6.76. The van der Waals surface area contributed by atoms with E-state index < -0.39 is 65.5 Å². The maximum atomic E-state index is 12.4. The Balaban J connectivity index is 1.83. The van der Waals surface area contributed by atoms with Crippen molar-refractivity contribution in [1.82, 2.24) is 0 Å². The van der Waals surface area contributed by atoms with Gasteiger partial charge in [0.25, 0.3) is 22.7 Å². The zero-order chi connectivity index (χ0) is 26.6. The third-order valence-corrected chi connectivity index (χ3v) is 4.35. The fourth-order valence-corrected chi connectivity index (χ4v) is 2.78. The van der Waals surface area contributed by atoms with Crippen LogP contribution >= 0.6 is 0 Å². The Morgan fingerprint density at radius 3 is 1.11 bits per heavy atom. The van der Waals surface area contributed by atoms with E-state index in [0.29, 0.717) is 12.1 Å². The lowest BCUT2D eigenvalue weighted by molar-refractivity contribution is -0.394. The van der Waals surface area contributed by atoms with Crippen molar-refractivity contribution in [3.05, 3.63) is 112 Å². The SMILES string of the molecule is O=C(Oc1cccc(OC(=O)c2cc([N+](=O)[O-])cc([N+](=O)[O-])c2)c1)c1cc([N+](=O)[O-])cc([N+](=O)[O-])c1. The van der Waals surface area contributed by atoms with Crippen molar-refractivity contribution < 1.29 is 38.8 Å². The van der Waals surface area contributed by atoms with Gasteiger partial charge in [-0.2, -0.15) is 0 Å². The monoisotopic (exact) mass is 498 g/mol. The first-order chi connectivity index (χ1) is 16.9. The van der Waals surface area contributed by atoms with Crippen LogP contribution in [0.5, 0.6) is 11.5 Å². The van der Waals surface area contributed by atoms with Crippen LogP contribution in [0.4, 0.5) is 22.7 Å². The molecule has 0 saturated heterocycles. The molecule has 0 aliphatic rings. The van der Waals surface area contributed by atoms with E-state index in [1.165, 1.54) is 18.2 Å². The molecular weight excluding hydrogens is 488 g/mol. The first-order valence-corrected chi connectivity index (χ1v) is 9.37. The molecule has 3 aromatic rings. The van der Waals surface area contributed by atoms with Crippen molar-refractivity contribution in [2.24, 2.45) is 0 Å². The molecule has 0 amide bonds. The fraction of sp³-hybridized carbons (Fsp3) is 0. The van der Waals surface area contributed by atoms with E-state index in [4.69, 9.17) is 9.47 Å². The van der Waals surface area contributed by atoms with Gasteiger partial charge >= 0.3 is 11.9 Å². The average molecular weight is 498 g/mol. The van der Waals surface area contributed by atoms with Gasteiger partial charge in [0.1, 0.15) is 11.5 Å². The summed E-state index contributed by atoms with van der Waals surface area (Å²) in [6.45, 7) is 0. The highest BCUT2D eigenvalue weighted by Crippen LogP contribution is 2.27. The van der Waals surface area contributed by atoms with E-state index in [9.17, 15) is 50.0 Å². The lowest BCUT2D eigenvalue weighted by Crippen LogP contribution is -2.11. The number of non-ortho nitro benzene ring substituents is 4. The quantitative estimate of drug-likeness (QED) is 0.187. The van der Waals surface area contributed by atoms with Crippen LogP contribution in [0.15, 0.2) is 60.7 Å². The maximum absolute atomic E-state index is 12.4. The predicted molar refractivity (Wildman–Crippen MR) is 116 cm³/mol. The van der Waals surface area contributed by atoms with Gasteiger partial charge in [0.15, 0.2) is 0 Å². The number of carbonyl (C=O) groups excluding carboxylic acids is 2. The maximum Gasteiger partial charge on any atom is 0.344 e. The number of esters is 2. The van der Waals surface area contributed by atoms with Crippen molar-refractivity contribution in [2.75, 3.05) is 0 Å². The molecular formula is C20H10N4O12. The second-order valence-electron chi connectivity index (χ2n) is 6.76. The van der Waals surface area contributed by atoms with E-state index in [1.807, 2.05) is 0 Å². The Hall–Kier alpha value is -5.80. The predicted octanol–water partition coefficient (Wildman–Crippen LogP) is 3.76. The van der Waals surface area contributed by atoms with Gasteiger partial charge in [-0.3, -0.25) is 40.5 Å². The molecule has 3 rings (SSSR count). The lowest BCUT2D eigenvalue weighted by Gasteiger charge is -2.08. The fourth-order valence-electron chi connectivity index (χ4n) is 2.78. The summed E-state index contributed by atoms with van der Waals surface area (Å²) in [5.41, 5.74) is -3.87. The smallest absolute Gasteiger partial charge is 0.344 e. The Morgan fingerprint density at radius 1 is 0.528 bits per heavy atom. The number of carbonyl (C=O) groups is 2. The molecule has 3 aromatic carbocycles. The summed E-state index contributed by atoms with van der Waals surface area (Å²) >= 11 is 0. The van der Waals surface area contributed by atoms with Crippen LogP contribution in [0.3, 0.4) is 0 Å². The Kier molecular flexibility index (Phi) is 6.90. The van der Waals surface area contributed by atoms with Crippen molar-refractivity contribution >= 4 is 34.7 Å². The highest BCUT2D eigenvalue weighted by atomic mass is 16.6. The number of hydrogen-bond acceptors (Lipinski definition) is 12. The molecule has 0 aromatic heterocycles. The first kappa shape index (κ1) is 24.8. The van der Waals surface area contributed by atoms with E-state index in [1.54, 1.807) is 0 Å². The minimum atomic E-state index is -1.19. The number of nitro groups is 4. The Labute approximate surface area is 197 Å². The number of hydrogen-bond donors (Lipinski definition) is 0. The Morgan fingerprint density at radius 2 is 0.833 bits per heavy atom. The van der Waals surface area contributed by atoms with Crippen LogP contribution in [0.2, 0.25) is 0 Å². The molecule has 16 nitrogen and oxygen atoms in total. The molecule has 0 aliphatic heterocycles. The van der Waals surface area contributed by atoms with Crippen LogP contribution in [0, 0.1) is 40.5 Å². The molecule has 0 spiro atoms. The van der Waals surface area contributed by atoms with Gasteiger partial charge in [-0.1, -0.05) is 6.07 Å². The minimum absolute atomic E-state index is 0.232. The average Bonchev–Trinajstić information content (AvgIpc) is 2.83. The van der Waals surface area contributed by atoms with E-state index in [-0.39, 0.29) is 11.5 Å². The number of rotatable bonds is 8. The first-order valence-electron chi connectivity index (χ1n) is 9.37. The zero-order valence-electron chi connectivity index (χ0n) is 17.5. The van der Waals surface area contributed by atoms with Crippen LogP contribution in [-0.4, -0.2) is 31.6 Å². The lowest BCUT2D eigenvalue weighted by atomic mass is 10.1. The zero-order valence-corrected chi connectivity index (χ0v) is 17.5. The van der Waals surface area contributed by atoms with Gasteiger partial charge in [-0.15, -0.1) is 0 Å². The highest BCUT2D eigenvalue weighted by molar-refractivity contribution is 5.93. The van der Waals surface area contributed by atoms with Gasteiger partial charge < -0.3 is 9.47 Å². The summed E-state index contributed by atoms with van der Waals surface area (Å²) < 4.78 is 10.1. The van der Waals surface area contributed by atoms with Crippen molar-refractivity contribution in [3.8, 4) is 11.5 Å². The van der Waals surface area contributed by atoms with Gasteiger partial charge in [0, 0.05) is 30.3 Å². The number of nitro benzene ring substituents is 4. The topological polar surface area (TPSA) is 225 Å². The third kappa shape index (κ3) is 5.76. The van der Waals surface area contributed by atoms with Gasteiger partial charge in [-0.05, 0) is 12.1 Å². The molecule has 0 N–H and O–H groups in total. The molecule has 0 fully saturated rings. The van der Waals surface area contributed by atoms with Gasteiger partial charge in [-0.25, -0.2) is 9.59 Å². The standard InChI is InChI=1S/C20H10N4O12/c25-19(11-4-13(21(27)28)8-14(5-11)22(29)30)35-17-2-1-3-18(10-17)36-20(26)12-6-15(23(31)32)9-16(7-12)24(33)34/h1-10H. The van der Waals surface area contributed by atoms with Crippen molar-refractivity contribution in [3.63, 3.8) is 0 Å². The second kappa shape index (κ2) is 10.00. The molecule has 16 heteroatoms. The molecule has 0 unspecified atom stereocenters. The molecule has 36 heavy (non-hydrogen) atoms. The van der Waals surface area contributed by atoms with E-state index >= 15 is 0 Å². The van der Waals surface area contributed by atoms with E-state index in [0.717, 1.165) is 30.3 Å². The number of benzene rings is 3. The summed E-state index contributed by atoms with van der Waals surface area (Å²) in [4.78, 5) is 65.1. The third-order valence-electron chi connectivity index (χ3n) is 4.35. The molecule has 0 aliphatic carbocycles. The summed E-state index contributed by atoms with van der Waals surface area (Å²) in [6, 6.07) is 9.19. The van der Waals surface area contributed by atoms with Crippen LogP contribution in [0.1, 0.15) is 20.7 Å². The molecule has 0 bridgehead atoms. The van der Waals surface area contributed by atoms with Crippen molar-refractivity contribution in [2.45, 2.75) is 0 Å². The van der Waals surface area contributed by atoms with Gasteiger partial charge in [0.2, 0.25) is 0 Å². The molecule has 182 valence electrons. The Bertz CT molecular complexity index is 1280.